The van der Waals surface area contributed by atoms with Crippen LogP contribution in [-0.4, -0.2) is 25.7 Å². The van der Waals surface area contributed by atoms with Crippen molar-refractivity contribution in [3.8, 4) is 0 Å². The van der Waals surface area contributed by atoms with Crippen LogP contribution in [0.3, 0.4) is 0 Å². The van der Waals surface area contributed by atoms with Gasteiger partial charge >= 0.3 is 5.97 Å². The van der Waals surface area contributed by atoms with Gasteiger partial charge in [0.25, 0.3) is 0 Å². The molecule has 0 bridgehead atoms. The van der Waals surface area contributed by atoms with Crippen molar-refractivity contribution in [3.05, 3.63) is 0 Å². The van der Waals surface area contributed by atoms with Gasteiger partial charge in [-0.15, -0.1) is 12.4 Å². The van der Waals surface area contributed by atoms with Crippen LogP contribution in [0.1, 0.15) is 40.5 Å². The molecule has 0 unspecified atom stereocenters. The lowest BCUT2D eigenvalue weighted by Gasteiger charge is -1.96. The molecule has 0 aliphatic carbocycles. The Labute approximate surface area is 94.0 Å². The van der Waals surface area contributed by atoms with Crippen molar-refractivity contribution in [2.24, 2.45) is 0 Å². The molecule has 0 aliphatic heterocycles. The van der Waals surface area contributed by atoms with E-state index in [9.17, 15) is 4.79 Å². The SMILES string of the molecule is CCCC(=O)OCC.CCNCC.Cl. The highest BCUT2D eigenvalue weighted by Gasteiger charge is 1.95. The summed E-state index contributed by atoms with van der Waals surface area (Å²) in [5.74, 6) is -0.0880. The third kappa shape index (κ3) is 22.6. The van der Waals surface area contributed by atoms with E-state index in [1.807, 2.05) is 13.8 Å². The maximum Gasteiger partial charge on any atom is 0.305 e. The van der Waals surface area contributed by atoms with Gasteiger partial charge in [-0.05, 0) is 26.4 Å². The van der Waals surface area contributed by atoms with Crippen molar-refractivity contribution in [1.29, 1.82) is 0 Å². The van der Waals surface area contributed by atoms with E-state index in [1.165, 1.54) is 0 Å². The fourth-order valence-electron chi connectivity index (χ4n) is 0.687. The second kappa shape index (κ2) is 18.5. The molecule has 0 heterocycles. The van der Waals surface area contributed by atoms with Gasteiger partial charge in [0.1, 0.15) is 0 Å². The monoisotopic (exact) mass is 225 g/mol. The van der Waals surface area contributed by atoms with E-state index in [0.717, 1.165) is 19.5 Å². The second-order valence-corrected chi connectivity index (χ2v) is 2.51. The van der Waals surface area contributed by atoms with Crippen LogP contribution in [0, 0.1) is 0 Å². The molecule has 14 heavy (non-hydrogen) atoms. The van der Waals surface area contributed by atoms with Gasteiger partial charge in [-0.3, -0.25) is 4.79 Å². The van der Waals surface area contributed by atoms with Crippen LogP contribution < -0.4 is 5.32 Å². The highest BCUT2D eigenvalue weighted by Crippen LogP contribution is 1.89. The van der Waals surface area contributed by atoms with Crippen molar-refractivity contribution in [2.45, 2.75) is 40.5 Å². The molecule has 0 rings (SSSR count). The topological polar surface area (TPSA) is 38.3 Å². The molecule has 1 N–H and O–H groups in total. The molecule has 0 fully saturated rings. The van der Waals surface area contributed by atoms with Crippen LogP contribution in [0.5, 0.6) is 0 Å². The van der Waals surface area contributed by atoms with E-state index >= 15 is 0 Å². The first-order valence-corrected chi connectivity index (χ1v) is 5.09. The Hall–Kier alpha value is -0.280. The number of hydrogen-bond donors (Lipinski definition) is 1. The minimum Gasteiger partial charge on any atom is -0.466 e. The van der Waals surface area contributed by atoms with Gasteiger partial charge in [-0.2, -0.15) is 0 Å². The molecular weight excluding hydrogens is 202 g/mol. The molecule has 3 nitrogen and oxygen atoms in total. The van der Waals surface area contributed by atoms with Gasteiger partial charge in [-0.1, -0.05) is 20.8 Å². The minimum atomic E-state index is -0.0880. The predicted molar refractivity (Wildman–Crippen MR) is 63.0 cm³/mol. The van der Waals surface area contributed by atoms with Gasteiger partial charge in [0.05, 0.1) is 6.61 Å². The Morgan fingerprint density at radius 2 is 1.64 bits per heavy atom. The average Bonchev–Trinajstić information content (AvgIpc) is 2.08. The number of hydrogen-bond acceptors (Lipinski definition) is 3. The fourth-order valence-corrected chi connectivity index (χ4v) is 0.687. The molecule has 88 valence electrons. The average molecular weight is 226 g/mol. The number of ether oxygens (including phenoxy) is 1. The zero-order valence-electron chi connectivity index (χ0n) is 9.76. The van der Waals surface area contributed by atoms with E-state index in [4.69, 9.17) is 0 Å². The summed E-state index contributed by atoms with van der Waals surface area (Å²) < 4.78 is 4.64. The lowest BCUT2D eigenvalue weighted by Crippen LogP contribution is -2.09. The summed E-state index contributed by atoms with van der Waals surface area (Å²) in [5.41, 5.74) is 0. The standard InChI is InChI=1S/C6H12O2.C4H11N.ClH/c1-3-5-6(7)8-4-2;1-3-5-4-2;/h3-5H2,1-2H3;5H,3-4H2,1-2H3;1H. The van der Waals surface area contributed by atoms with Crippen LogP contribution in [0.2, 0.25) is 0 Å². The molecule has 0 atom stereocenters. The Morgan fingerprint density at radius 3 is 1.86 bits per heavy atom. The zero-order valence-corrected chi connectivity index (χ0v) is 10.6. The normalized spacial score (nSPS) is 8.00. The number of halogens is 1. The highest BCUT2D eigenvalue weighted by atomic mass is 35.5. The summed E-state index contributed by atoms with van der Waals surface area (Å²) in [6, 6.07) is 0. The largest absolute Gasteiger partial charge is 0.466 e. The maximum atomic E-state index is 10.4. The van der Waals surface area contributed by atoms with Crippen LogP contribution in [-0.2, 0) is 9.53 Å². The molecule has 0 aromatic heterocycles. The quantitative estimate of drug-likeness (QED) is 0.731. The molecular formula is C10H24ClNO2. The summed E-state index contributed by atoms with van der Waals surface area (Å²) in [7, 11) is 0. The van der Waals surface area contributed by atoms with Gasteiger partial charge in [0.2, 0.25) is 0 Å². The summed E-state index contributed by atoms with van der Waals surface area (Å²) in [6.45, 7) is 10.7. The molecule has 4 heteroatoms. The highest BCUT2D eigenvalue weighted by molar-refractivity contribution is 5.85. The third-order valence-electron chi connectivity index (χ3n) is 1.26. The van der Waals surface area contributed by atoms with Crippen LogP contribution in [0.25, 0.3) is 0 Å². The molecule has 0 amide bonds. The van der Waals surface area contributed by atoms with Gasteiger partial charge in [0.15, 0.2) is 0 Å². The Morgan fingerprint density at radius 1 is 1.14 bits per heavy atom. The number of esters is 1. The van der Waals surface area contributed by atoms with E-state index < -0.39 is 0 Å². The Bertz CT molecular complexity index is 100. The van der Waals surface area contributed by atoms with Crippen LogP contribution in [0.4, 0.5) is 0 Å². The summed E-state index contributed by atoms with van der Waals surface area (Å²) >= 11 is 0. The van der Waals surface area contributed by atoms with Crippen molar-refractivity contribution < 1.29 is 9.53 Å². The van der Waals surface area contributed by atoms with E-state index in [2.05, 4.69) is 23.9 Å². The maximum absolute atomic E-state index is 10.4. The number of carbonyl (C=O) groups is 1. The summed E-state index contributed by atoms with van der Waals surface area (Å²) in [5, 5.41) is 3.11. The van der Waals surface area contributed by atoms with Gasteiger partial charge < -0.3 is 10.1 Å². The van der Waals surface area contributed by atoms with Gasteiger partial charge in [-0.25, -0.2) is 0 Å². The summed E-state index contributed by atoms with van der Waals surface area (Å²) in [4.78, 5) is 10.4. The van der Waals surface area contributed by atoms with Crippen molar-refractivity contribution in [1.82, 2.24) is 5.32 Å². The molecule has 0 saturated heterocycles. The number of rotatable bonds is 5. The minimum absolute atomic E-state index is 0. The van der Waals surface area contributed by atoms with Crippen molar-refractivity contribution >= 4 is 18.4 Å². The molecule has 0 aromatic carbocycles. The Balaban J connectivity index is -0.000000177. The first-order chi connectivity index (χ1) is 6.22. The second-order valence-electron chi connectivity index (χ2n) is 2.51. The lowest BCUT2D eigenvalue weighted by atomic mass is 10.3. The van der Waals surface area contributed by atoms with Crippen LogP contribution >= 0.6 is 12.4 Å². The molecule has 0 saturated carbocycles. The van der Waals surface area contributed by atoms with E-state index in [1.54, 1.807) is 0 Å². The van der Waals surface area contributed by atoms with E-state index in [-0.39, 0.29) is 18.4 Å². The predicted octanol–water partition coefficient (Wildman–Crippen LogP) is 2.39. The molecule has 0 radical (unpaired) electrons. The third-order valence-corrected chi connectivity index (χ3v) is 1.26. The molecule has 0 spiro atoms. The van der Waals surface area contributed by atoms with Crippen molar-refractivity contribution in [2.75, 3.05) is 19.7 Å². The van der Waals surface area contributed by atoms with Crippen LogP contribution in [0.15, 0.2) is 0 Å². The number of nitrogens with one attached hydrogen (secondary N) is 1. The zero-order chi connectivity index (χ0) is 10.5. The summed E-state index contributed by atoms with van der Waals surface area (Å²) in [6.07, 6.45) is 1.42. The van der Waals surface area contributed by atoms with Gasteiger partial charge in [0, 0.05) is 6.42 Å². The first-order valence-electron chi connectivity index (χ1n) is 5.09. The van der Waals surface area contributed by atoms with E-state index in [0.29, 0.717) is 13.0 Å². The van der Waals surface area contributed by atoms with Crippen molar-refractivity contribution in [3.63, 3.8) is 0 Å². The molecule has 0 aliphatic rings. The lowest BCUT2D eigenvalue weighted by molar-refractivity contribution is -0.143. The number of carbonyl (C=O) groups excluding carboxylic acids is 1. The smallest absolute Gasteiger partial charge is 0.305 e. The first kappa shape index (κ1) is 19.3. The molecule has 0 aromatic rings. The fraction of sp³-hybridized carbons (Fsp3) is 0.900. The Kier molecular flexibility index (Phi) is 25.5.